The van der Waals surface area contributed by atoms with Crippen LogP contribution in [-0.2, 0) is 0 Å². The normalized spacial score (nSPS) is 11.7. The van der Waals surface area contributed by atoms with Gasteiger partial charge < -0.3 is 0 Å². The van der Waals surface area contributed by atoms with E-state index < -0.39 is 0 Å². The van der Waals surface area contributed by atoms with Gasteiger partial charge in [0.15, 0.2) is 0 Å². The highest BCUT2D eigenvalue weighted by Gasteiger charge is 2.20. The van der Waals surface area contributed by atoms with E-state index in [1.54, 1.807) is 0 Å². The van der Waals surface area contributed by atoms with E-state index in [1.807, 2.05) is 12.3 Å². The first-order valence-corrected chi connectivity index (χ1v) is 18.2. The highest BCUT2D eigenvalue weighted by atomic mass is 14.8. The minimum Gasteiger partial charge on any atom is -0.256 e. The third-order valence-corrected chi connectivity index (χ3v) is 10.6. The molecule has 11 aromatic rings. The van der Waals surface area contributed by atoms with Gasteiger partial charge in [0.25, 0.3) is 0 Å². The number of rotatable bonds is 4. The topological polar surface area (TPSA) is 51.6 Å². The molecule has 4 nitrogen and oxygen atoms in total. The maximum absolute atomic E-state index is 5.33. The van der Waals surface area contributed by atoms with Crippen molar-refractivity contribution < 1.29 is 0 Å². The van der Waals surface area contributed by atoms with Crippen LogP contribution in [0.3, 0.4) is 0 Å². The van der Waals surface area contributed by atoms with Crippen molar-refractivity contribution in [3.8, 4) is 45.2 Å². The fourth-order valence-corrected chi connectivity index (χ4v) is 8.07. The summed E-state index contributed by atoms with van der Waals surface area (Å²) in [4.78, 5) is 20.6. The fourth-order valence-electron chi connectivity index (χ4n) is 8.07. The molecule has 0 unspecified atom stereocenters. The summed E-state index contributed by atoms with van der Waals surface area (Å²) in [6.45, 7) is 0. The molecule has 0 fully saturated rings. The summed E-state index contributed by atoms with van der Waals surface area (Å²) in [5.41, 5.74) is 9.36. The lowest BCUT2D eigenvalue weighted by Gasteiger charge is -2.18. The minimum absolute atomic E-state index is 0.792. The van der Waals surface area contributed by atoms with Crippen molar-refractivity contribution in [2.75, 3.05) is 0 Å². The van der Waals surface area contributed by atoms with Crippen LogP contribution in [-0.4, -0.2) is 19.9 Å². The van der Waals surface area contributed by atoms with Gasteiger partial charge in [-0.1, -0.05) is 115 Å². The van der Waals surface area contributed by atoms with Crippen LogP contribution in [0.5, 0.6) is 0 Å². The van der Waals surface area contributed by atoms with Crippen molar-refractivity contribution in [2.45, 2.75) is 0 Å². The Morgan fingerprint density at radius 1 is 0.278 bits per heavy atom. The molecule has 54 heavy (non-hydrogen) atoms. The van der Waals surface area contributed by atoms with Crippen molar-refractivity contribution in [3.05, 3.63) is 182 Å². The molecule has 0 aliphatic rings. The predicted octanol–water partition coefficient (Wildman–Crippen LogP) is 12.9. The van der Waals surface area contributed by atoms with E-state index in [2.05, 4.69) is 170 Å². The molecule has 0 N–H and O–H groups in total. The van der Waals surface area contributed by atoms with E-state index in [1.165, 1.54) is 10.8 Å². The number of fused-ring (bicyclic) bond motifs is 6. The quantitative estimate of drug-likeness (QED) is 0.173. The summed E-state index contributed by atoms with van der Waals surface area (Å²) in [6.07, 6.45) is 1.87. The lowest BCUT2D eigenvalue weighted by Crippen LogP contribution is -1.97. The molecule has 0 atom stereocenters. The van der Waals surface area contributed by atoms with Gasteiger partial charge in [-0.15, -0.1) is 0 Å². The van der Waals surface area contributed by atoms with Gasteiger partial charge in [-0.05, 0) is 115 Å². The molecule has 0 aliphatic heterocycles. The van der Waals surface area contributed by atoms with Gasteiger partial charge in [-0.2, -0.15) is 0 Å². The molecule has 0 radical (unpaired) electrons. The average molecular weight is 687 g/mol. The Hall–Kier alpha value is -7.30. The Morgan fingerprint density at radius 3 is 1.20 bits per heavy atom. The monoisotopic (exact) mass is 686 g/mol. The van der Waals surface area contributed by atoms with Crippen LogP contribution in [0.1, 0.15) is 0 Å². The van der Waals surface area contributed by atoms with Crippen LogP contribution in [0, 0.1) is 0 Å². The van der Waals surface area contributed by atoms with Crippen LogP contribution in [0.15, 0.2) is 182 Å². The number of nitrogens with zero attached hydrogens (tertiary/aromatic N) is 4. The second-order valence-corrected chi connectivity index (χ2v) is 13.9. The number of aromatic nitrogens is 4. The Labute approximate surface area is 311 Å². The van der Waals surface area contributed by atoms with Crippen molar-refractivity contribution >= 4 is 64.9 Å². The zero-order valence-electron chi connectivity index (χ0n) is 29.1. The van der Waals surface area contributed by atoms with Crippen LogP contribution in [0.2, 0.25) is 0 Å². The summed E-state index contributed by atoms with van der Waals surface area (Å²) in [7, 11) is 0. The third-order valence-electron chi connectivity index (χ3n) is 10.6. The third kappa shape index (κ3) is 5.00. The minimum atomic E-state index is 0.792. The Kier molecular flexibility index (Phi) is 6.82. The van der Waals surface area contributed by atoms with E-state index in [9.17, 15) is 0 Å². The van der Waals surface area contributed by atoms with Gasteiger partial charge in [-0.3, -0.25) is 4.98 Å². The van der Waals surface area contributed by atoms with Crippen molar-refractivity contribution in [3.63, 3.8) is 0 Å². The summed E-state index contributed by atoms with van der Waals surface area (Å²) in [5, 5.41) is 11.5. The SMILES string of the molecule is c1ccc(-c2c3ccccc3c(-c3cc(-c4ccc5cc6ccccc6cc5n4)nc(-c4ccc5cc6ccccc6cc5n4)c3)c3ccccc23)nc1. The predicted molar refractivity (Wildman–Crippen MR) is 224 cm³/mol. The number of hydrogen-bond acceptors (Lipinski definition) is 4. The molecule has 4 aromatic heterocycles. The zero-order chi connectivity index (χ0) is 35.6. The van der Waals surface area contributed by atoms with E-state index >= 15 is 0 Å². The van der Waals surface area contributed by atoms with Gasteiger partial charge in [0.2, 0.25) is 0 Å². The highest BCUT2D eigenvalue weighted by Crippen LogP contribution is 2.44. The summed E-state index contributed by atoms with van der Waals surface area (Å²) < 4.78 is 0. The van der Waals surface area contributed by atoms with Crippen molar-refractivity contribution in [2.24, 2.45) is 0 Å². The molecule has 0 amide bonds. The zero-order valence-corrected chi connectivity index (χ0v) is 29.1. The van der Waals surface area contributed by atoms with Crippen LogP contribution in [0.4, 0.5) is 0 Å². The molecule has 0 aliphatic carbocycles. The molecule has 4 heterocycles. The standard InChI is InChI=1S/C50H30N4/c1-3-13-33-27-45-35(25-31(33)11-1)20-22-42(52-45)47-29-37(30-48(54-47)43-23-21-36-26-32-12-2-4-14-34(32)28-46(36)53-43)49-38-15-5-7-17-40(38)50(44-19-9-10-24-51-44)41-18-8-6-16-39(41)49/h1-30H. The molecule has 0 bridgehead atoms. The lowest BCUT2D eigenvalue weighted by atomic mass is 9.87. The van der Waals surface area contributed by atoms with E-state index in [-0.39, 0.29) is 0 Å². The largest absolute Gasteiger partial charge is 0.256 e. The van der Waals surface area contributed by atoms with E-state index in [0.717, 1.165) is 99.3 Å². The first kappa shape index (κ1) is 30.3. The van der Waals surface area contributed by atoms with Crippen LogP contribution >= 0.6 is 0 Å². The maximum Gasteiger partial charge on any atom is 0.0900 e. The Balaban J connectivity index is 1.19. The lowest BCUT2D eigenvalue weighted by molar-refractivity contribution is 1.25. The van der Waals surface area contributed by atoms with Gasteiger partial charge in [0.05, 0.1) is 39.5 Å². The van der Waals surface area contributed by atoms with Gasteiger partial charge >= 0.3 is 0 Å². The molecule has 0 saturated carbocycles. The first-order valence-electron chi connectivity index (χ1n) is 18.2. The molecule has 250 valence electrons. The Morgan fingerprint density at radius 2 is 0.722 bits per heavy atom. The smallest absolute Gasteiger partial charge is 0.0900 e. The number of pyridine rings is 4. The second kappa shape index (κ2) is 12.1. The van der Waals surface area contributed by atoms with E-state index in [0.29, 0.717) is 0 Å². The molecular formula is C50H30N4. The first-order chi connectivity index (χ1) is 26.7. The summed E-state index contributed by atoms with van der Waals surface area (Å²) >= 11 is 0. The maximum atomic E-state index is 5.33. The molecule has 0 saturated heterocycles. The van der Waals surface area contributed by atoms with Crippen LogP contribution < -0.4 is 0 Å². The second-order valence-electron chi connectivity index (χ2n) is 13.9. The highest BCUT2D eigenvalue weighted by molar-refractivity contribution is 6.21. The number of hydrogen-bond donors (Lipinski definition) is 0. The molecule has 0 spiro atoms. The molecule has 11 rings (SSSR count). The van der Waals surface area contributed by atoms with E-state index in [4.69, 9.17) is 19.9 Å². The van der Waals surface area contributed by atoms with Crippen LogP contribution in [0.25, 0.3) is 110 Å². The van der Waals surface area contributed by atoms with Gasteiger partial charge in [0.1, 0.15) is 0 Å². The molecule has 4 heteroatoms. The van der Waals surface area contributed by atoms with Crippen molar-refractivity contribution in [1.29, 1.82) is 0 Å². The Bertz CT molecular complexity index is 3090. The molecular weight excluding hydrogens is 657 g/mol. The fraction of sp³-hybridized carbons (Fsp3) is 0. The number of benzene rings is 7. The summed E-state index contributed by atoms with van der Waals surface area (Å²) in [6, 6.07) is 62.0. The average Bonchev–Trinajstić information content (AvgIpc) is 3.23. The van der Waals surface area contributed by atoms with Crippen molar-refractivity contribution in [1.82, 2.24) is 19.9 Å². The molecule has 7 aromatic carbocycles. The summed E-state index contributed by atoms with van der Waals surface area (Å²) in [5.74, 6) is 0. The van der Waals surface area contributed by atoms with Gasteiger partial charge in [0, 0.05) is 22.5 Å². The van der Waals surface area contributed by atoms with Gasteiger partial charge in [-0.25, -0.2) is 15.0 Å².